The highest BCUT2D eigenvalue weighted by atomic mass is 16.3. The van der Waals surface area contributed by atoms with Gasteiger partial charge in [0.15, 0.2) is 0 Å². The van der Waals surface area contributed by atoms with Crippen LogP contribution in [0, 0.1) is 0 Å². The van der Waals surface area contributed by atoms with Crippen molar-refractivity contribution >= 4 is 0 Å². The van der Waals surface area contributed by atoms with Gasteiger partial charge in [-0.1, -0.05) is 6.92 Å². The summed E-state index contributed by atoms with van der Waals surface area (Å²) in [4.78, 5) is 0. The Bertz CT molecular complexity index is 269. The third kappa shape index (κ3) is 1.05. The third-order valence-electron chi connectivity index (χ3n) is 2.63. The van der Waals surface area contributed by atoms with Crippen LogP contribution < -0.4 is 0 Å². The molecule has 0 bridgehead atoms. The second kappa shape index (κ2) is 2.90. The van der Waals surface area contributed by atoms with E-state index in [0.29, 0.717) is 6.04 Å². The lowest BCUT2D eigenvalue weighted by Crippen LogP contribution is -2.21. The summed E-state index contributed by atoms with van der Waals surface area (Å²) >= 11 is 0. The van der Waals surface area contributed by atoms with E-state index in [2.05, 4.69) is 12.0 Å². The molecule has 1 aromatic rings. The number of nitrogens with zero attached hydrogens (tertiary/aromatic N) is 2. The molecule has 0 saturated heterocycles. The minimum absolute atomic E-state index is 0.296. The van der Waals surface area contributed by atoms with E-state index in [0.717, 1.165) is 25.0 Å². The molecule has 1 aliphatic heterocycles. The van der Waals surface area contributed by atoms with Gasteiger partial charge >= 0.3 is 0 Å². The number of hydrogen-bond donors (Lipinski definition) is 1. The zero-order valence-corrected chi connectivity index (χ0v) is 7.27. The molecule has 3 heteroatoms. The van der Waals surface area contributed by atoms with Crippen LogP contribution in [0.3, 0.4) is 0 Å². The Morgan fingerprint density at radius 2 is 2.50 bits per heavy atom. The molecular weight excluding hydrogens is 152 g/mol. The normalized spacial score (nSPS) is 28.5. The van der Waals surface area contributed by atoms with Crippen molar-refractivity contribution in [3.63, 3.8) is 0 Å². The Morgan fingerprint density at radius 1 is 1.67 bits per heavy atom. The van der Waals surface area contributed by atoms with Crippen molar-refractivity contribution < 1.29 is 5.11 Å². The van der Waals surface area contributed by atoms with Crippen LogP contribution in [0.15, 0.2) is 12.3 Å². The van der Waals surface area contributed by atoms with Crippen LogP contribution in [0.5, 0.6) is 0 Å². The lowest BCUT2D eigenvalue weighted by molar-refractivity contribution is 0.120. The van der Waals surface area contributed by atoms with Crippen molar-refractivity contribution in [2.45, 2.75) is 38.3 Å². The monoisotopic (exact) mass is 166 g/mol. The average molecular weight is 166 g/mol. The summed E-state index contributed by atoms with van der Waals surface area (Å²) in [6.45, 7) is 2.16. The fourth-order valence-corrected chi connectivity index (χ4v) is 1.89. The highest BCUT2D eigenvalue weighted by molar-refractivity contribution is 5.08. The highest BCUT2D eigenvalue weighted by Crippen LogP contribution is 2.32. The second-order valence-corrected chi connectivity index (χ2v) is 3.36. The minimum Gasteiger partial charge on any atom is -0.387 e. The summed E-state index contributed by atoms with van der Waals surface area (Å²) in [5.74, 6) is 0. The molecule has 0 amide bonds. The molecule has 3 nitrogen and oxygen atoms in total. The van der Waals surface area contributed by atoms with E-state index in [1.54, 1.807) is 6.20 Å². The molecule has 2 atom stereocenters. The van der Waals surface area contributed by atoms with E-state index in [9.17, 15) is 5.11 Å². The Kier molecular flexibility index (Phi) is 1.89. The summed E-state index contributed by atoms with van der Waals surface area (Å²) in [7, 11) is 0. The number of aliphatic hydroxyl groups excluding tert-OH is 1. The molecule has 0 aromatic carbocycles. The summed E-state index contributed by atoms with van der Waals surface area (Å²) in [6, 6.07) is 2.41. The highest BCUT2D eigenvalue weighted by Gasteiger charge is 2.24. The van der Waals surface area contributed by atoms with Crippen molar-refractivity contribution in [2.75, 3.05) is 0 Å². The van der Waals surface area contributed by atoms with E-state index < -0.39 is 0 Å². The molecule has 2 rings (SSSR count). The molecule has 12 heavy (non-hydrogen) atoms. The van der Waals surface area contributed by atoms with Gasteiger partial charge < -0.3 is 5.11 Å². The van der Waals surface area contributed by atoms with Gasteiger partial charge in [0.25, 0.3) is 0 Å². The Labute approximate surface area is 72.0 Å². The topological polar surface area (TPSA) is 38.1 Å². The summed E-state index contributed by atoms with van der Waals surface area (Å²) in [6.07, 6.45) is 4.50. The van der Waals surface area contributed by atoms with Crippen LogP contribution in [-0.2, 0) is 0 Å². The number of aliphatic hydroxyl groups is 1. The first-order valence-corrected chi connectivity index (χ1v) is 4.54. The predicted octanol–water partition coefficient (Wildman–Crippen LogP) is 1.66. The minimum atomic E-state index is -0.296. The maximum Gasteiger partial charge on any atom is 0.0957 e. The van der Waals surface area contributed by atoms with Crippen molar-refractivity contribution in [2.24, 2.45) is 0 Å². The molecule has 66 valence electrons. The third-order valence-corrected chi connectivity index (χ3v) is 2.63. The summed E-state index contributed by atoms with van der Waals surface area (Å²) in [5.41, 5.74) is 0.980. The number of fused-ring (bicyclic) bond motifs is 1. The lowest BCUT2D eigenvalue weighted by atomic mass is 9.99. The van der Waals surface area contributed by atoms with Crippen LogP contribution in [0.25, 0.3) is 0 Å². The SMILES string of the molecule is CCC1CCC(O)c2ccnn21. The number of rotatable bonds is 1. The van der Waals surface area contributed by atoms with Gasteiger partial charge in [-0.25, -0.2) is 0 Å². The van der Waals surface area contributed by atoms with Crippen molar-refractivity contribution in [1.29, 1.82) is 0 Å². The van der Waals surface area contributed by atoms with Crippen LogP contribution in [0.2, 0.25) is 0 Å². The Hall–Kier alpha value is -0.830. The Morgan fingerprint density at radius 3 is 3.25 bits per heavy atom. The summed E-state index contributed by atoms with van der Waals surface area (Å²) in [5, 5.41) is 13.8. The first-order chi connectivity index (χ1) is 5.83. The fourth-order valence-electron chi connectivity index (χ4n) is 1.89. The number of hydrogen-bond acceptors (Lipinski definition) is 2. The number of aromatic nitrogens is 2. The van der Waals surface area contributed by atoms with Gasteiger partial charge in [0, 0.05) is 6.20 Å². The molecule has 2 unspecified atom stereocenters. The van der Waals surface area contributed by atoms with Crippen LogP contribution in [0.4, 0.5) is 0 Å². The lowest BCUT2D eigenvalue weighted by Gasteiger charge is -2.26. The molecule has 1 aromatic heterocycles. The Balaban J connectivity index is 2.36. The largest absolute Gasteiger partial charge is 0.387 e. The van der Waals surface area contributed by atoms with Gasteiger partial charge in [-0.3, -0.25) is 4.68 Å². The van der Waals surface area contributed by atoms with Gasteiger partial charge in [-0.05, 0) is 25.3 Å². The predicted molar refractivity (Wildman–Crippen MR) is 45.7 cm³/mol. The van der Waals surface area contributed by atoms with Gasteiger partial charge in [0.2, 0.25) is 0 Å². The zero-order chi connectivity index (χ0) is 8.55. The molecule has 0 spiro atoms. The van der Waals surface area contributed by atoms with Gasteiger partial charge in [0.05, 0.1) is 17.8 Å². The van der Waals surface area contributed by atoms with E-state index in [-0.39, 0.29) is 6.10 Å². The van der Waals surface area contributed by atoms with Crippen molar-refractivity contribution in [3.8, 4) is 0 Å². The van der Waals surface area contributed by atoms with Crippen molar-refractivity contribution in [1.82, 2.24) is 9.78 Å². The van der Waals surface area contributed by atoms with E-state index in [4.69, 9.17) is 0 Å². The van der Waals surface area contributed by atoms with Gasteiger partial charge in [-0.15, -0.1) is 0 Å². The van der Waals surface area contributed by atoms with E-state index in [1.165, 1.54) is 0 Å². The van der Waals surface area contributed by atoms with Gasteiger partial charge in [-0.2, -0.15) is 5.10 Å². The molecule has 0 fully saturated rings. The standard InChI is InChI=1S/C9H14N2O/c1-2-7-3-4-9(12)8-5-6-10-11(7)8/h5-7,9,12H,2-4H2,1H3. The quantitative estimate of drug-likeness (QED) is 0.689. The summed E-state index contributed by atoms with van der Waals surface area (Å²) < 4.78 is 1.97. The maximum absolute atomic E-state index is 9.60. The molecule has 1 N–H and O–H groups in total. The molecule has 0 aliphatic carbocycles. The maximum atomic E-state index is 9.60. The molecular formula is C9H14N2O. The first kappa shape index (κ1) is 7.80. The van der Waals surface area contributed by atoms with Crippen LogP contribution in [0.1, 0.15) is 44.0 Å². The fraction of sp³-hybridized carbons (Fsp3) is 0.667. The van der Waals surface area contributed by atoms with Crippen LogP contribution in [-0.4, -0.2) is 14.9 Å². The average Bonchev–Trinajstić information content (AvgIpc) is 2.54. The molecule has 0 saturated carbocycles. The smallest absolute Gasteiger partial charge is 0.0957 e. The first-order valence-electron chi connectivity index (χ1n) is 4.54. The molecule has 0 radical (unpaired) electrons. The second-order valence-electron chi connectivity index (χ2n) is 3.36. The van der Waals surface area contributed by atoms with Crippen LogP contribution >= 0.6 is 0 Å². The zero-order valence-electron chi connectivity index (χ0n) is 7.27. The van der Waals surface area contributed by atoms with Crippen molar-refractivity contribution in [3.05, 3.63) is 18.0 Å². The van der Waals surface area contributed by atoms with Gasteiger partial charge in [0.1, 0.15) is 0 Å². The van der Waals surface area contributed by atoms with E-state index in [1.807, 2.05) is 10.7 Å². The molecule has 1 aliphatic rings. The van der Waals surface area contributed by atoms with E-state index >= 15 is 0 Å². The molecule has 2 heterocycles.